The van der Waals surface area contributed by atoms with Crippen LogP contribution in [0.5, 0.6) is 5.75 Å². The monoisotopic (exact) mass is 362 g/mol. The van der Waals surface area contributed by atoms with Crippen LogP contribution in [0.4, 0.5) is 0 Å². The zero-order valence-corrected chi connectivity index (χ0v) is 15.2. The maximum absolute atomic E-state index is 10.2. The zero-order valence-electron chi connectivity index (χ0n) is 14.5. The van der Waals surface area contributed by atoms with Gasteiger partial charge in [0, 0.05) is 10.6 Å². The highest BCUT2D eigenvalue weighted by molar-refractivity contribution is 6.30. The lowest BCUT2D eigenvalue weighted by Crippen LogP contribution is -3.28. The van der Waals surface area contributed by atoms with Crippen molar-refractivity contribution in [3.8, 4) is 5.75 Å². The molecule has 1 saturated heterocycles. The molecule has 1 aliphatic heterocycles. The minimum absolute atomic E-state index is 0.325. The minimum atomic E-state index is -0.443. The highest BCUT2D eigenvalue weighted by Gasteiger charge is 2.25. The zero-order chi connectivity index (χ0) is 17.5. The summed E-state index contributed by atoms with van der Waals surface area (Å²) in [7, 11) is 0. The normalized spacial score (nSPS) is 21.7. The van der Waals surface area contributed by atoms with Gasteiger partial charge in [-0.2, -0.15) is 0 Å². The first-order valence-corrected chi connectivity index (χ1v) is 9.34. The Hall–Kier alpha value is -1.59. The van der Waals surface area contributed by atoms with Crippen LogP contribution in [-0.4, -0.2) is 50.5 Å². The topological polar surface area (TPSA) is 38.3 Å². The number of piperazine rings is 1. The molecule has 134 valence electrons. The van der Waals surface area contributed by atoms with Crippen LogP contribution in [0.3, 0.4) is 0 Å². The molecule has 5 heteroatoms. The third-order valence-electron chi connectivity index (χ3n) is 4.74. The molecule has 2 aromatic carbocycles. The third-order valence-corrected chi connectivity index (χ3v) is 4.99. The quantitative estimate of drug-likeness (QED) is 0.652. The van der Waals surface area contributed by atoms with Gasteiger partial charge < -0.3 is 19.6 Å². The average Bonchev–Trinajstić information content (AvgIpc) is 2.64. The Morgan fingerprint density at radius 1 is 0.920 bits per heavy atom. The summed E-state index contributed by atoms with van der Waals surface area (Å²) in [5.74, 6) is 0.746. The van der Waals surface area contributed by atoms with Crippen molar-refractivity contribution in [2.75, 3.05) is 39.3 Å². The number of nitrogens with one attached hydrogen (secondary N) is 2. The van der Waals surface area contributed by atoms with Gasteiger partial charge in [0.25, 0.3) is 0 Å². The smallest absolute Gasteiger partial charge is 0.137 e. The Labute approximate surface area is 154 Å². The summed E-state index contributed by atoms with van der Waals surface area (Å²) in [6.07, 6.45) is -0.443. The summed E-state index contributed by atoms with van der Waals surface area (Å²) >= 11 is 5.86. The van der Waals surface area contributed by atoms with E-state index in [4.69, 9.17) is 16.3 Å². The van der Waals surface area contributed by atoms with E-state index in [-0.39, 0.29) is 0 Å². The number of aliphatic hydroxyl groups is 1. The van der Waals surface area contributed by atoms with Crippen molar-refractivity contribution in [1.82, 2.24) is 0 Å². The predicted octanol–water partition coefficient (Wildman–Crippen LogP) is 0.0633. The molecule has 25 heavy (non-hydrogen) atoms. The molecule has 0 aliphatic carbocycles. The molecule has 1 aliphatic rings. The third kappa shape index (κ3) is 6.01. The first kappa shape index (κ1) is 18.2. The maximum atomic E-state index is 10.2. The lowest BCUT2D eigenvalue weighted by molar-refractivity contribution is -1.02. The van der Waals surface area contributed by atoms with E-state index < -0.39 is 6.10 Å². The standard InChI is InChI=1S/C20H25ClN2O2/c21-18-6-8-20(9-7-18)25-16-19(24)15-23-12-10-22(11-13-23)14-17-4-2-1-3-5-17/h1-9,19,24H,10-16H2/p+2/t19-/m0/s1. The summed E-state index contributed by atoms with van der Waals surface area (Å²) in [4.78, 5) is 3.09. The molecule has 0 radical (unpaired) electrons. The Morgan fingerprint density at radius 2 is 1.56 bits per heavy atom. The number of benzene rings is 2. The lowest BCUT2D eigenvalue weighted by Gasteiger charge is -2.30. The van der Waals surface area contributed by atoms with E-state index in [1.54, 1.807) is 17.0 Å². The van der Waals surface area contributed by atoms with Crippen LogP contribution >= 0.6 is 11.6 Å². The number of halogens is 1. The van der Waals surface area contributed by atoms with Gasteiger partial charge >= 0.3 is 0 Å². The van der Waals surface area contributed by atoms with Gasteiger partial charge in [-0.3, -0.25) is 0 Å². The van der Waals surface area contributed by atoms with Crippen molar-refractivity contribution in [3.05, 3.63) is 65.2 Å². The Bertz CT molecular complexity index is 628. The number of hydrogen-bond donors (Lipinski definition) is 3. The fourth-order valence-electron chi connectivity index (χ4n) is 3.34. The first-order valence-electron chi connectivity index (χ1n) is 8.96. The van der Waals surface area contributed by atoms with Crippen LogP contribution in [0.1, 0.15) is 5.56 Å². The molecule has 0 spiro atoms. The summed E-state index contributed by atoms with van der Waals surface area (Å²) < 4.78 is 5.64. The van der Waals surface area contributed by atoms with E-state index in [2.05, 4.69) is 30.3 Å². The Kier molecular flexibility index (Phi) is 6.70. The number of ether oxygens (including phenoxy) is 1. The van der Waals surface area contributed by atoms with Crippen molar-refractivity contribution in [1.29, 1.82) is 0 Å². The predicted molar refractivity (Wildman–Crippen MR) is 99.4 cm³/mol. The highest BCUT2D eigenvalue weighted by Crippen LogP contribution is 2.15. The van der Waals surface area contributed by atoms with Crippen molar-refractivity contribution < 1.29 is 19.6 Å². The second kappa shape index (κ2) is 9.20. The number of quaternary nitrogens is 2. The van der Waals surface area contributed by atoms with Gasteiger partial charge in [0.05, 0.1) is 0 Å². The minimum Gasteiger partial charge on any atom is -0.491 e. The van der Waals surface area contributed by atoms with Crippen molar-refractivity contribution in [3.63, 3.8) is 0 Å². The van der Waals surface area contributed by atoms with Gasteiger partial charge in [-0.1, -0.05) is 41.9 Å². The average molecular weight is 363 g/mol. The second-order valence-electron chi connectivity index (χ2n) is 6.79. The molecule has 0 aromatic heterocycles. The van der Waals surface area contributed by atoms with E-state index in [1.807, 2.05) is 12.1 Å². The van der Waals surface area contributed by atoms with E-state index in [0.717, 1.165) is 45.0 Å². The molecule has 4 nitrogen and oxygen atoms in total. The molecule has 0 amide bonds. The second-order valence-corrected chi connectivity index (χ2v) is 7.22. The van der Waals surface area contributed by atoms with Gasteiger partial charge in [0.15, 0.2) is 0 Å². The van der Waals surface area contributed by atoms with Crippen LogP contribution < -0.4 is 14.5 Å². The first-order chi connectivity index (χ1) is 12.2. The molecule has 3 N–H and O–H groups in total. The van der Waals surface area contributed by atoms with Crippen LogP contribution in [0.15, 0.2) is 54.6 Å². The fourth-order valence-corrected chi connectivity index (χ4v) is 3.46. The molecular formula is C20H27ClN2O2+2. The van der Waals surface area contributed by atoms with E-state index in [9.17, 15) is 5.11 Å². The van der Waals surface area contributed by atoms with Crippen molar-refractivity contribution >= 4 is 11.6 Å². The highest BCUT2D eigenvalue weighted by atomic mass is 35.5. The molecule has 0 bridgehead atoms. The SMILES string of the molecule is O[C@H](COc1ccc(Cl)cc1)C[NH+]1CC[NH+](Cc2ccccc2)CC1. The summed E-state index contributed by atoms with van der Waals surface area (Å²) in [5.41, 5.74) is 1.40. The van der Waals surface area contributed by atoms with Crippen LogP contribution in [0.25, 0.3) is 0 Å². The molecule has 1 heterocycles. The number of rotatable bonds is 7. The fraction of sp³-hybridized carbons (Fsp3) is 0.400. The number of aliphatic hydroxyl groups excluding tert-OH is 1. The van der Waals surface area contributed by atoms with Gasteiger partial charge in [-0.05, 0) is 24.3 Å². The van der Waals surface area contributed by atoms with Crippen molar-refractivity contribution in [2.24, 2.45) is 0 Å². The van der Waals surface area contributed by atoms with Gasteiger partial charge in [-0.15, -0.1) is 0 Å². The van der Waals surface area contributed by atoms with Gasteiger partial charge in [0.2, 0.25) is 0 Å². The van der Waals surface area contributed by atoms with Crippen molar-refractivity contribution in [2.45, 2.75) is 12.6 Å². The van der Waals surface area contributed by atoms with Crippen LogP contribution in [0.2, 0.25) is 5.02 Å². The van der Waals surface area contributed by atoms with Crippen LogP contribution in [0, 0.1) is 0 Å². The molecule has 1 atom stereocenters. The Morgan fingerprint density at radius 3 is 2.24 bits per heavy atom. The molecule has 1 fully saturated rings. The molecule has 0 unspecified atom stereocenters. The molecule has 0 saturated carbocycles. The van der Waals surface area contributed by atoms with E-state index >= 15 is 0 Å². The Balaban J connectivity index is 1.36. The van der Waals surface area contributed by atoms with E-state index in [0.29, 0.717) is 11.6 Å². The van der Waals surface area contributed by atoms with Crippen LogP contribution in [-0.2, 0) is 6.54 Å². The molecular weight excluding hydrogens is 336 g/mol. The van der Waals surface area contributed by atoms with Gasteiger partial charge in [-0.25, -0.2) is 0 Å². The lowest BCUT2D eigenvalue weighted by atomic mass is 10.2. The molecule has 3 rings (SSSR count). The number of hydrogen-bond acceptors (Lipinski definition) is 2. The summed E-state index contributed by atoms with van der Waals surface area (Å²) in [6.45, 7) is 6.65. The van der Waals surface area contributed by atoms with E-state index in [1.165, 1.54) is 10.5 Å². The molecule has 2 aromatic rings. The largest absolute Gasteiger partial charge is 0.491 e. The summed E-state index contributed by atoms with van der Waals surface area (Å²) in [5, 5.41) is 10.9. The maximum Gasteiger partial charge on any atom is 0.137 e. The van der Waals surface area contributed by atoms with Gasteiger partial charge in [0.1, 0.15) is 57.7 Å². The summed E-state index contributed by atoms with van der Waals surface area (Å²) in [6, 6.07) is 17.9.